The number of nitrogens with one attached hydrogen (secondary N) is 2. The molecule has 1 saturated carbocycles. The van der Waals surface area contributed by atoms with Crippen molar-refractivity contribution in [3.05, 3.63) is 64.7 Å². The van der Waals surface area contributed by atoms with Gasteiger partial charge in [-0.25, -0.2) is 4.98 Å². The lowest BCUT2D eigenvalue weighted by Gasteiger charge is -2.19. The van der Waals surface area contributed by atoms with Crippen LogP contribution in [0.2, 0.25) is 0 Å². The number of pyridine rings is 1. The van der Waals surface area contributed by atoms with E-state index in [2.05, 4.69) is 20.5 Å². The number of aryl methyl sites for hydroxylation is 1. The van der Waals surface area contributed by atoms with Crippen LogP contribution in [0, 0.1) is 6.92 Å². The number of aromatic amines is 1. The van der Waals surface area contributed by atoms with E-state index in [-0.39, 0.29) is 11.6 Å². The van der Waals surface area contributed by atoms with Crippen LogP contribution in [0.3, 0.4) is 0 Å². The van der Waals surface area contributed by atoms with E-state index in [0.29, 0.717) is 17.2 Å². The second kappa shape index (κ2) is 7.16. The highest BCUT2D eigenvalue weighted by atomic mass is 16.1. The van der Waals surface area contributed by atoms with Crippen LogP contribution < -0.4 is 10.9 Å². The van der Waals surface area contributed by atoms with E-state index >= 15 is 0 Å². The molecule has 3 aromatic heterocycles. The quantitative estimate of drug-likeness (QED) is 0.544. The molecule has 5 rings (SSSR count). The maximum atomic E-state index is 13.5. The maximum Gasteiger partial charge on any atom is 0.261 e. The standard InChI is InChI=1S/C22H22N6O/c1-14-17-13-18(19-11-12-23-27-19)21(29)28(16-9-5-6-10-16)20(17)26-22(24-14)25-15-7-3-2-4-8-15/h2-4,7-8,11-13,16H,5-6,9-10H2,1H3,(H,23,27)(H,24,25,26). The topological polar surface area (TPSA) is 88.5 Å². The summed E-state index contributed by atoms with van der Waals surface area (Å²) in [6, 6.07) is 13.7. The normalized spacial score (nSPS) is 14.5. The monoisotopic (exact) mass is 386 g/mol. The molecule has 0 aliphatic heterocycles. The van der Waals surface area contributed by atoms with E-state index in [1.54, 1.807) is 6.20 Å². The minimum atomic E-state index is -0.0302. The van der Waals surface area contributed by atoms with Crippen LogP contribution in [-0.2, 0) is 0 Å². The Labute approximate surface area is 167 Å². The molecule has 29 heavy (non-hydrogen) atoms. The fourth-order valence-corrected chi connectivity index (χ4v) is 4.16. The van der Waals surface area contributed by atoms with Crippen molar-refractivity contribution in [1.29, 1.82) is 0 Å². The Hall–Kier alpha value is -3.48. The van der Waals surface area contributed by atoms with E-state index in [1.165, 1.54) is 0 Å². The van der Waals surface area contributed by atoms with Gasteiger partial charge in [-0.3, -0.25) is 14.5 Å². The number of H-pyrrole nitrogens is 1. The van der Waals surface area contributed by atoms with Crippen LogP contribution in [-0.4, -0.2) is 24.7 Å². The van der Waals surface area contributed by atoms with Crippen LogP contribution >= 0.6 is 0 Å². The van der Waals surface area contributed by atoms with E-state index in [0.717, 1.165) is 48.1 Å². The van der Waals surface area contributed by atoms with Gasteiger partial charge in [-0.2, -0.15) is 10.1 Å². The number of anilines is 2. The van der Waals surface area contributed by atoms with Gasteiger partial charge in [0.15, 0.2) is 0 Å². The van der Waals surface area contributed by atoms with Gasteiger partial charge >= 0.3 is 0 Å². The lowest BCUT2D eigenvalue weighted by molar-refractivity contribution is 0.516. The number of rotatable bonds is 4. The molecule has 0 spiro atoms. The fraction of sp³-hybridized carbons (Fsp3) is 0.273. The van der Waals surface area contributed by atoms with Gasteiger partial charge < -0.3 is 5.32 Å². The van der Waals surface area contributed by atoms with E-state index in [4.69, 9.17) is 4.98 Å². The summed E-state index contributed by atoms with van der Waals surface area (Å²) in [5.41, 5.74) is 3.73. The van der Waals surface area contributed by atoms with E-state index in [9.17, 15) is 4.79 Å². The predicted molar refractivity (Wildman–Crippen MR) is 113 cm³/mol. The van der Waals surface area contributed by atoms with E-state index in [1.807, 2.05) is 54.0 Å². The number of aromatic nitrogens is 5. The zero-order valence-electron chi connectivity index (χ0n) is 16.2. The van der Waals surface area contributed by atoms with Crippen molar-refractivity contribution in [1.82, 2.24) is 24.7 Å². The maximum absolute atomic E-state index is 13.5. The molecule has 0 saturated heterocycles. The number of hydrogen-bond acceptors (Lipinski definition) is 5. The highest BCUT2D eigenvalue weighted by Gasteiger charge is 2.24. The van der Waals surface area contributed by atoms with Gasteiger partial charge in [0, 0.05) is 23.3 Å². The second-order valence-electron chi connectivity index (χ2n) is 7.50. The first-order valence-electron chi connectivity index (χ1n) is 9.96. The largest absolute Gasteiger partial charge is 0.324 e. The molecular formula is C22H22N6O. The third-order valence-electron chi connectivity index (χ3n) is 5.59. The Morgan fingerprint density at radius 2 is 1.90 bits per heavy atom. The minimum Gasteiger partial charge on any atom is -0.324 e. The molecule has 2 N–H and O–H groups in total. The van der Waals surface area contributed by atoms with Crippen molar-refractivity contribution in [2.24, 2.45) is 0 Å². The summed E-state index contributed by atoms with van der Waals surface area (Å²) in [5, 5.41) is 11.1. The highest BCUT2D eigenvalue weighted by Crippen LogP contribution is 2.32. The Bertz CT molecular complexity index is 1210. The lowest BCUT2D eigenvalue weighted by atomic mass is 10.1. The summed E-state index contributed by atoms with van der Waals surface area (Å²) in [5.74, 6) is 0.502. The van der Waals surface area contributed by atoms with Crippen LogP contribution in [0.5, 0.6) is 0 Å². The first-order chi connectivity index (χ1) is 14.2. The molecule has 4 aromatic rings. The predicted octanol–water partition coefficient (Wildman–Crippen LogP) is 4.35. The number of hydrogen-bond donors (Lipinski definition) is 2. The summed E-state index contributed by atoms with van der Waals surface area (Å²) < 4.78 is 1.88. The van der Waals surface area contributed by atoms with Crippen molar-refractivity contribution in [3.8, 4) is 11.3 Å². The number of para-hydroxylation sites is 1. The molecule has 0 unspecified atom stereocenters. The number of fused-ring (bicyclic) bond motifs is 1. The Balaban J connectivity index is 1.73. The third kappa shape index (κ3) is 3.18. The molecule has 0 amide bonds. The van der Waals surface area contributed by atoms with Gasteiger partial charge in [0.25, 0.3) is 5.56 Å². The van der Waals surface area contributed by atoms with Crippen LogP contribution in [0.15, 0.2) is 53.5 Å². The Morgan fingerprint density at radius 1 is 1.10 bits per heavy atom. The van der Waals surface area contributed by atoms with Crippen molar-refractivity contribution in [2.45, 2.75) is 38.6 Å². The van der Waals surface area contributed by atoms with Crippen molar-refractivity contribution >= 4 is 22.7 Å². The minimum absolute atomic E-state index is 0.0302. The molecule has 7 heteroatoms. The van der Waals surface area contributed by atoms with E-state index < -0.39 is 0 Å². The van der Waals surface area contributed by atoms with Gasteiger partial charge in [-0.15, -0.1) is 0 Å². The fourth-order valence-electron chi connectivity index (χ4n) is 4.16. The first kappa shape index (κ1) is 17.6. The average molecular weight is 386 g/mol. The molecule has 146 valence electrons. The molecule has 1 aliphatic carbocycles. The SMILES string of the molecule is Cc1nc(Nc2ccccc2)nc2c1cc(-c1ccn[nH]1)c(=O)n2C1CCCC1. The molecule has 0 radical (unpaired) electrons. The molecule has 1 aliphatic rings. The molecule has 1 aromatic carbocycles. The van der Waals surface area contributed by atoms with Crippen LogP contribution in [0.1, 0.15) is 37.4 Å². The molecule has 1 fully saturated rings. The third-order valence-corrected chi connectivity index (χ3v) is 5.59. The Kier molecular flexibility index (Phi) is 4.35. The summed E-state index contributed by atoms with van der Waals surface area (Å²) in [4.78, 5) is 22.9. The van der Waals surface area contributed by atoms with Crippen molar-refractivity contribution < 1.29 is 0 Å². The molecule has 0 atom stereocenters. The molecule has 3 heterocycles. The zero-order valence-corrected chi connectivity index (χ0v) is 16.2. The lowest BCUT2D eigenvalue weighted by Crippen LogP contribution is -2.26. The molecule has 7 nitrogen and oxygen atoms in total. The van der Waals surface area contributed by atoms with Crippen LogP contribution in [0.4, 0.5) is 11.6 Å². The van der Waals surface area contributed by atoms with Gasteiger partial charge in [0.2, 0.25) is 5.95 Å². The zero-order chi connectivity index (χ0) is 19.8. The molecular weight excluding hydrogens is 364 g/mol. The van der Waals surface area contributed by atoms with Crippen molar-refractivity contribution in [3.63, 3.8) is 0 Å². The summed E-state index contributed by atoms with van der Waals surface area (Å²) >= 11 is 0. The van der Waals surface area contributed by atoms with Gasteiger partial charge in [0.1, 0.15) is 5.65 Å². The highest BCUT2D eigenvalue weighted by molar-refractivity contribution is 5.84. The number of benzene rings is 1. The smallest absolute Gasteiger partial charge is 0.261 e. The van der Waals surface area contributed by atoms with Gasteiger partial charge in [-0.05, 0) is 44.0 Å². The second-order valence-corrected chi connectivity index (χ2v) is 7.50. The Morgan fingerprint density at radius 3 is 2.62 bits per heavy atom. The summed E-state index contributed by atoms with van der Waals surface area (Å²) in [6.07, 6.45) is 5.91. The average Bonchev–Trinajstić information content (AvgIpc) is 3.43. The van der Waals surface area contributed by atoms with Gasteiger partial charge in [-0.1, -0.05) is 31.0 Å². The van der Waals surface area contributed by atoms with Crippen molar-refractivity contribution in [2.75, 3.05) is 5.32 Å². The summed E-state index contributed by atoms with van der Waals surface area (Å²) in [6.45, 7) is 1.96. The molecule has 0 bridgehead atoms. The van der Waals surface area contributed by atoms with Crippen LogP contribution in [0.25, 0.3) is 22.3 Å². The number of nitrogens with zero attached hydrogens (tertiary/aromatic N) is 4. The summed E-state index contributed by atoms with van der Waals surface area (Å²) in [7, 11) is 0. The first-order valence-corrected chi connectivity index (χ1v) is 9.96. The van der Waals surface area contributed by atoms with Gasteiger partial charge in [0.05, 0.1) is 17.0 Å².